The Hall–Kier alpha value is -3.31. The molecule has 0 aliphatic rings. The van der Waals surface area contributed by atoms with Crippen molar-refractivity contribution in [1.29, 1.82) is 0 Å². The molecule has 0 saturated heterocycles. The van der Waals surface area contributed by atoms with E-state index in [0.29, 0.717) is 19.7 Å². The van der Waals surface area contributed by atoms with Crippen LogP contribution in [0.25, 0.3) is 22.0 Å². The van der Waals surface area contributed by atoms with E-state index >= 15 is 0 Å². The predicted molar refractivity (Wildman–Crippen MR) is 113 cm³/mol. The number of rotatable bonds is 7. The third-order valence-electron chi connectivity index (χ3n) is 4.66. The van der Waals surface area contributed by atoms with Crippen LogP contribution in [-0.4, -0.2) is 23.1 Å². The van der Waals surface area contributed by atoms with E-state index in [1.165, 1.54) is 12.1 Å². The normalized spacial score (nSPS) is 11.0. The van der Waals surface area contributed by atoms with Crippen LogP contribution in [0, 0.1) is 12.7 Å². The highest BCUT2D eigenvalue weighted by Gasteiger charge is 2.04. The molecule has 2 heterocycles. The predicted octanol–water partition coefficient (Wildman–Crippen LogP) is 4.91. The number of hydrogen-bond acceptors (Lipinski definition) is 4. The summed E-state index contributed by atoms with van der Waals surface area (Å²) >= 11 is 0. The summed E-state index contributed by atoms with van der Waals surface area (Å²) in [6.07, 6.45) is 3.62. The fraction of sp³-hybridized carbons (Fsp3) is 0.167. The van der Waals surface area contributed by atoms with Crippen molar-refractivity contribution in [2.75, 3.05) is 13.2 Å². The van der Waals surface area contributed by atoms with Crippen molar-refractivity contribution in [3.8, 4) is 16.9 Å². The van der Waals surface area contributed by atoms with Crippen molar-refractivity contribution in [2.24, 2.45) is 0 Å². The van der Waals surface area contributed by atoms with E-state index in [2.05, 4.69) is 27.4 Å². The molecule has 0 unspecified atom stereocenters. The molecule has 2 aromatic carbocycles. The monoisotopic (exact) mass is 387 g/mol. The lowest BCUT2D eigenvalue weighted by molar-refractivity contribution is 0.316. The molecule has 0 atom stereocenters. The van der Waals surface area contributed by atoms with E-state index in [0.717, 1.165) is 39.0 Å². The van der Waals surface area contributed by atoms with Gasteiger partial charge in [0.2, 0.25) is 0 Å². The highest BCUT2D eigenvalue weighted by Crippen LogP contribution is 2.24. The molecule has 4 rings (SSSR count). The Bertz CT molecular complexity index is 1110. The molecule has 0 bridgehead atoms. The Kier molecular flexibility index (Phi) is 5.77. The van der Waals surface area contributed by atoms with Gasteiger partial charge in [-0.15, -0.1) is 0 Å². The minimum absolute atomic E-state index is 0.240. The molecule has 4 nitrogen and oxygen atoms in total. The number of aryl methyl sites for hydroxylation is 1. The fourth-order valence-electron chi connectivity index (χ4n) is 3.18. The standard InChI is InChI=1S/C24H22FN3O/c1-17-5-6-20-3-2-4-23(24(20)28-17)29-12-11-26-14-18-13-21(16-27-15-18)19-7-9-22(25)10-8-19/h2-10,13,15-16,26H,11-12,14H2,1H3. The molecule has 0 amide bonds. The Morgan fingerprint density at radius 1 is 0.966 bits per heavy atom. The molecule has 4 aromatic rings. The summed E-state index contributed by atoms with van der Waals surface area (Å²) in [5, 5.41) is 4.45. The maximum absolute atomic E-state index is 13.1. The Morgan fingerprint density at radius 2 is 1.83 bits per heavy atom. The van der Waals surface area contributed by atoms with Crippen molar-refractivity contribution in [2.45, 2.75) is 13.5 Å². The summed E-state index contributed by atoms with van der Waals surface area (Å²) in [5.41, 5.74) is 4.85. The van der Waals surface area contributed by atoms with Crippen LogP contribution in [0.5, 0.6) is 5.75 Å². The summed E-state index contributed by atoms with van der Waals surface area (Å²) < 4.78 is 19.0. The first-order chi connectivity index (χ1) is 14.2. The average molecular weight is 387 g/mol. The zero-order chi connectivity index (χ0) is 20.1. The van der Waals surface area contributed by atoms with Gasteiger partial charge in [0.15, 0.2) is 0 Å². The molecule has 1 N–H and O–H groups in total. The van der Waals surface area contributed by atoms with Gasteiger partial charge in [-0.1, -0.05) is 30.3 Å². The Balaban J connectivity index is 1.32. The van der Waals surface area contributed by atoms with Gasteiger partial charge in [0, 0.05) is 42.1 Å². The fourth-order valence-corrected chi connectivity index (χ4v) is 3.18. The van der Waals surface area contributed by atoms with Gasteiger partial charge >= 0.3 is 0 Å². The van der Waals surface area contributed by atoms with Crippen molar-refractivity contribution in [3.05, 3.63) is 90.1 Å². The van der Waals surface area contributed by atoms with Crippen LogP contribution in [0.2, 0.25) is 0 Å². The number of hydrogen-bond donors (Lipinski definition) is 1. The average Bonchev–Trinajstić information content (AvgIpc) is 2.74. The Labute approximate surface area is 169 Å². The van der Waals surface area contributed by atoms with Crippen LogP contribution < -0.4 is 10.1 Å². The number of fused-ring (bicyclic) bond motifs is 1. The smallest absolute Gasteiger partial charge is 0.145 e. The first-order valence-electron chi connectivity index (χ1n) is 9.59. The summed E-state index contributed by atoms with van der Waals surface area (Å²) in [4.78, 5) is 8.89. The Morgan fingerprint density at radius 3 is 2.69 bits per heavy atom. The molecular weight excluding hydrogens is 365 g/mol. The van der Waals surface area contributed by atoms with Crippen molar-refractivity contribution in [3.63, 3.8) is 0 Å². The highest BCUT2D eigenvalue weighted by molar-refractivity contribution is 5.84. The summed E-state index contributed by atoms with van der Waals surface area (Å²) in [7, 11) is 0. The van der Waals surface area contributed by atoms with Crippen LogP contribution in [0.15, 0.2) is 73.1 Å². The maximum Gasteiger partial charge on any atom is 0.145 e. The van der Waals surface area contributed by atoms with Crippen LogP contribution in [0.4, 0.5) is 4.39 Å². The van der Waals surface area contributed by atoms with Gasteiger partial charge < -0.3 is 10.1 Å². The number of para-hydroxylation sites is 1. The van der Waals surface area contributed by atoms with Gasteiger partial charge in [-0.2, -0.15) is 0 Å². The SMILES string of the molecule is Cc1ccc2cccc(OCCNCc3cncc(-c4ccc(F)cc4)c3)c2n1. The number of ether oxygens (including phenoxy) is 1. The van der Waals surface area contributed by atoms with Crippen LogP contribution in [0.1, 0.15) is 11.3 Å². The number of aromatic nitrogens is 2. The molecule has 0 fully saturated rings. The summed E-state index contributed by atoms with van der Waals surface area (Å²) in [6, 6.07) is 18.5. The maximum atomic E-state index is 13.1. The largest absolute Gasteiger partial charge is 0.490 e. The minimum atomic E-state index is -0.240. The van der Waals surface area contributed by atoms with E-state index in [-0.39, 0.29) is 5.82 Å². The van der Waals surface area contributed by atoms with Gasteiger partial charge in [-0.25, -0.2) is 9.37 Å². The van der Waals surface area contributed by atoms with Crippen LogP contribution in [0.3, 0.4) is 0 Å². The van der Waals surface area contributed by atoms with Gasteiger partial charge in [0.05, 0.1) is 0 Å². The molecule has 0 aliphatic heterocycles. The summed E-state index contributed by atoms with van der Waals surface area (Å²) in [5.74, 6) is 0.559. The molecule has 146 valence electrons. The quantitative estimate of drug-likeness (QED) is 0.458. The molecule has 2 aromatic heterocycles. The van der Waals surface area contributed by atoms with Crippen molar-refractivity contribution in [1.82, 2.24) is 15.3 Å². The lowest BCUT2D eigenvalue weighted by atomic mass is 10.1. The number of pyridine rings is 2. The second kappa shape index (κ2) is 8.80. The van der Waals surface area contributed by atoms with Crippen LogP contribution in [-0.2, 0) is 6.54 Å². The van der Waals surface area contributed by atoms with E-state index in [1.807, 2.05) is 37.4 Å². The molecule has 0 aliphatic carbocycles. The first kappa shape index (κ1) is 19.0. The topological polar surface area (TPSA) is 47.0 Å². The van der Waals surface area contributed by atoms with Gasteiger partial charge in [-0.3, -0.25) is 4.98 Å². The molecule has 5 heteroatoms. The lowest BCUT2D eigenvalue weighted by Crippen LogP contribution is -2.20. The van der Waals surface area contributed by atoms with E-state index in [9.17, 15) is 4.39 Å². The second-order valence-electron chi connectivity index (χ2n) is 6.89. The number of halogens is 1. The first-order valence-corrected chi connectivity index (χ1v) is 9.59. The number of nitrogens with one attached hydrogen (secondary N) is 1. The molecular formula is C24H22FN3O. The van der Waals surface area contributed by atoms with Gasteiger partial charge in [-0.05, 0) is 48.4 Å². The second-order valence-corrected chi connectivity index (χ2v) is 6.89. The lowest BCUT2D eigenvalue weighted by Gasteiger charge is -2.10. The third kappa shape index (κ3) is 4.76. The third-order valence-corrected chi connectivity index (χ3v) is 4.66. The molecule has 0 spiro atoms. The molecule has 0 radical (unpaired) electrons. The van der Waals surface area contributed by atoms with E-state index < -0.39 is 0 Å². The van der Waals surface area contributed by atoms with Gasteiger partial charge in [0.25, 0.3) is 0 Å². The van der Waals surface area contributed by atoms with Crippen molar-refractivity contribution < 1.29 is 9.13 Å². The summed E-state index contributed by atoms with van der Waals surface area (Å²) in [6.45, 7) is 3.90. The molecule has 0 saturated carbocycles. The van der Waals surface area contributed by atoms with Crippen LogP contribution >= 0.6 is 0 Å². The van der Waals surface area contributed by atoms with Gasteiger partial charge in [0.1, 0.15) is 23.7 Å². The minimum Gasteiger partial charge on any atom is -0.490 e. The number of benzene rings is 2. The van der Waals surface area contributed by atoms with Crippen molar-refractivity contribution >= 4 is 10.9 Å². The zero-order valence-electron chi connectivity index (χ0n) is 16.2. The molecule has 29 heavy (non-hydrogen) atoms. The number of nitrogens with zero attached hydrogens (tertiary/aromatic N) is 2. The zero-order valence-corrected chi connectivity index (χ0v) is 16.2. The highest BCUT2D eigenvalue weighted by atomic mass is 19.1. The van der Waals surface area contributed by atoms with E-state index in [4.69, 9.17) is 4.74 Å². The van der Waals surface area contributed by atoms with E-state index in [1.54, 1.807) is 18.3 Å².